The fourth-order valence-electron chi connectivity index (χ4n) is 3.89. The van der Waals surface area contributed by atoms with Gasteiger partial charge in [0.15, 0.2) is 11.5 Å². The number of carbonyl (C=O) groups excluding carboxylic acids is 1. The first-order valence-corrected chi connectivity index (χ1v) is 11.5. The Hall–Kier alpha value is -3.20. The third-order valence-electron chi connectivity index (χ3n) is 5.71. The standard InChI is InChI=1S/C23H26N4O4S/c1-4-31-18-10-15(6-8-17(18)28)11-25-26-21(29)14(3)27-12-24-22-20(23(27)30)16-7-5-13(2)9-19(16)32-22/h6,8,10-14,28H,4-5,7,9H2,1-3H3,(H,26,29)/b25-11-/t13-,14-/m0/s1. The van der Waals surface area contributed by atoms with Crippen LogP contribution >= 0.6 is 11.3 Å². The smallest absolute Gasteiger partial charge is 0.263 e. The predicted molar refractivity (Wildman–Crippen MR) is 125 cm³/mol. The number of fused-ring (bicyclic) bond motifs is 3. The average Bonchev–Trinajstić information content (AvgIpc) is 3.14. The van der Waals surface area contributed by atoms with Crippen molar-refractivity contribution in [3.63, 3.8) is 0 Å². The number of aromatic hydroxyl groups is 1. The van der Waals surface area contributed by atoms with Gasteiger partial charge < -0.3 is 9.84 Å². The number of nitrogens with one attached hydrogen (secondary N) is 1. The number of nitrogens with zero attached hydrogens (tertiary/aromatic N) is 3. The van der Waals surface area contributed by atoms with Gasteiger partial charge in [0.2, 0.25) is 0 Å². The molecule has 2 aromatic heterocycles. The zero-order valence-corrected chi connectivity index (χ0v) is 19.1. The Labute approximate surface area is 189 Å². The van der Waals surface area contributed by atoms with Gasteiger partial charge in [-0.25, -0.2) is 10.4 Å². The van der Waals surface area contributed by atoms with E-state index in [0.717, 1.165) is 29.7 Å². The number of amides is 1. The molecule has 9 heteroatoms. The SMILES string of the molecule is CCOc1cc(/C=N\NC(=O)[C@H](C)n2cnc3sc4c(c3c2=O)CC[C@H](C)C4)ccc1O. The van der Waals surface area contributed by atoms with Crippen LogP contribution in [0.4, 0.5) is 0 Å². The number of thiophene rings is 1. The van der Waals surface area contributed by atoms with Crippen LogP contribution in [-0.4, -0.2) is 33.4 Å². The van der Waals surface area contributed by atoms with E-state index in [2.05, 4.69) is 22.4 Å². The summed E-state index contributed by atoms with van der Waals surface area (Å²) in [6.07, 6.45) is 5.80. The normalized spacial score (nSPS) is 16.8. The molecule has 4 rings (SSSR count). The molecule has 0 aliphatic heterocycles. The topological polar surface area (TPSA) is 106 Å². The molecule has 0 saturated carbocycles. The third kappa shape index (κ3) is 4.25. The minimum Gasteiger partial charge on any atom is -0.504 e. The van der Waals surface area contributed by atoms with Gasteiger partial charge in [-0.3, -0.25) is 14.2 Å². The van der Waals surface area contributed by atoms with E-state index in [1.807, 2.05) is 6.92 Å². The van der Waals surface area contributed by atoms with Gasteiger partial charge in [0.25, 0.3) is 11.5 Å². The molecule has 32 heavy (non-hydrogen) atoms. The number of rotatable bonds is 6. The van der Waals surface area contributed by atoms with E-state index >= 15 is 0 Å². The Balaban J connectivity index is 1.52. The molecule has 1 aliphatic rings. The highest BCUT2D eigenvalue weighted by molar-refractivity contribution is 7.18. The van der Waals surface area contributed by atoms with Crippen molar-refractivity contribution < 1.29 is 14.6 Å². The van der Waals surface area contributed by atoms with Crippen LogP contribution in [0.2, 0.25) is 0 Å². The number of benzene rings is 1. The van der Waals surface area contributed by atoms with Gasteiger partial charge in [-0.05, 0) is 68.4 Å². The van der Waals surface area contributed by atoms with Crippen molar-refractivity contribution in [2.75, 3.05) is 6.61 Å². The summed E-state index contributed by atoms with van der Waals surface area (Å²) in [6.45, 7) is 6.11. The summed E-state index contributed by atoms with van der Waals surface area (Å²) in [5.74, 6) is 0.564. The van der Waals surface area contributed by atoms with Gasteiger partial charge in [-0.15, -0.1) is 11.3 Å². The number of phenolic OH excluding ortho intramolecular Hbond substituents is 1. The Kier molecular flexibility index (Phi) is 6.27. The third-order valence-corrected chi connectivity index (χ3v) is 6.87. The van der Waals surface area contributed by atoms with Gasteiger partial charge in [-0.2, -0.15) is 5.10 Å². The molecule has 2 N–H and O–H groups in total. The summed E-state index contributed by atoms with van der Waals surface area (Å²) in [6, 6.07) is 4.01. The van der Waals surface area contributed by atoms with Gasteiger partial charge in [0.05, 0.1) is 24.5 Å². The lowest BCUT2D eigenvalue weighted by molar-refractivity contribution is -0.123. The Bertz CT molecular complexity index is 1250. The lowest BCUT2D eigenvalue weighted by Gasteiger charge is -2.18. The molecular weight excluding hydrogens is 428 g/mol. The Morgan fingerprint density at radius 3 is 3.09 bits per heavy atom. The number of hydrogen-bond acceptors (Lipinski definition) is 7. The molecule has 0 bridgehead atoms. The molecule has 2 atom stereocenters. The fraction of sp³-hybridized carbons (Fsp3) is 0.391. The molecule has 1 aromatic carbocycles. The zero-order chi connectivity index (χ0) is 22.8. The number of hydrazone groups is 1. The quantitative estimate of drug-likeness (QED) is 0.439. The van der Waals surface area contributed by atoms with Crippen molar-refractivity contribution in [3.8, 4) is 11.5 Å². The first-order chi connectivity index (χ1) is 15.4. The molecule has 0 radical (unpaired) electrons. The van der Waals surface area contributed by atoms with Gasteiger partial charge in [0, 0.05) is 4.88 Å². The van der Waals surface area contributed by atoms with Crippen LogP contribution in [0.15, 0.2) is 34.4 Å². The largest absolute Gasteiger partial charge is 0.504 e. The van der Waals surface area contributed by atoms with Crippen molar-refractivity contribution in [1.29, 1.82) is 0 Å². The molecule has 8 nitrogen and oxygen atoms in total. The number of aromatic nitrogens is 2. The van der Waals surface area contributed by atoms with E-state index in [1.165, 1.54) is 28.1 Å². The van der Waals surface area contributed by atoms with Crippen LogP contribution < -0.4 is 15.7 Å². The molecule has 0 fully saturated rings. The molecule has 168 valence electrons. The second kappa shape index (κ2) is 9.12. The Morgan fingerprint density at radius 1 is 1.50 bits per heavy atom. The lowest BCUT2D eigenvalue weighted by Crippen LogP contribution is -2.34. The number of phenols is 1. The molecule has 1 amide bonds. The van der Waals surface area contributed by atoms with E-state index < -0.39 is 11.9 Å². The maximum absolute atomic E-state index is 13.2. The molecule has 3 aromatic rings. The van der Waals surface area contributed by atoms with Crippen molar-refractivity contribution >= 4 is 33.7 Å². The molecule has 0 unspecified atom stereocenters. The van der Waals surface area contributed by atoms with E-state index in [9.17, 15) is 14.7 Å². The first-order valence-electron chi connectivity index (χ1n) is 10.7. The van der Waals surface area contributed by atoms with Crippen LogP contribution in [0.25, 0.3) is 10.2 Å². The number of ether oxygens (including phenoxy) is 1. The van der Waals surface area contributed by atoms with E-state index in [0.29, 0.717) is 29.2 Å². The van der Waals surface area contributed by atoms with Crippen molar-refractivity contribution in [2.24, 2.45) is 11.0 Å². The van der Waals surface area contributed by atoms with Gasteiger partial charge >= 0.3 is 0 Å². The number of carbonyl (C=O) groups is 1. The van der Waals surface area contributed by atoms with E-state index in [1.54, 1.807) is 30.4 Å². The highest BCUT2D eigenvalue weighted by Gasteiger charge is 2.25. The maximum Gasteiger partial charge on any atom is 0.263 e. The summed E-state index contributed by atoms with van der Waals surface area (Å²) < 4.78 is 6.71. The second-order valence-corrected chi connectivity index (χ2v) is 9.14. The maximum atomic E-state index is 13.2. The van der Waals surface area contributed by atoms with Crippen molar-refractivity contribution in [3.05, 3.63) is 50.9 Å². The number of aryl methyl sites for hydroxylation is 1. The van der Waals surface area contributed by atoms with Gasteiger partial charge in [-0.1, -0.05) is 6.92 Å². The van der Waals surface area contributed by atoms with Crippen LogP contribution in [0.1, 0.15) is 49.2 Å². The molecular formula is C23H26N4O4S. The summed E-state index contributed by atoms with van der Waals surface area (Å²) in [5.41, 5.74) is 4.04. The van der Waals surface area contributed by atoms with Crippen LogP contribution in [-0.2, 0) is 17.6 Å². The minimum absolute atomic E-state index is 0.0361. The van der Waals surface area contributed by atoms with Crippen molar-refractivity contribution in [1.82, 2.24) is 15.0 Å². The van der Waals surface area contributed by atoms with Crippen LogP contribution in [0.3, 0.4) is 0 Å². The average molecular weight is 455 g/mol. The highest BCUT2D eigenvalue weighted by Crippen LogP contribution is 2.35. The molecule has 0 saturated heterocycles. The molecule has 1 aliphatic carbocycles. The Morgan fingerprint density at radius 2 is 2.31 bits per heavy atom. The summed E-state index contributed by atoms with van der Waals surface area (Å²) in [4.78, 5) is 32.3. The monoisotopic (exact) mass is 454 g/mol. The minimum atomic E-state index is -0.770. The summed E-state index contributed by atoms with van der Waals surface area (Å²) >= 11 is 1.59. The van der Waals surface area contributed by atoms with E-state index in [-0.39, 0.29) is 11.3 Å². The highest BCUT2D eigenvalue weighted by atomic mass is 32.1. The van der Waals surface area contributed by atoms with Gasteiger partial charge in [0.1, 0.15) is 10.9 Å². The van der Waals surface area contributed by atoms with E-state index in [4.69, 9.17) is 4.74 Å². The fourth-order valence-corrected chi connectivity index (χ4v) is 5.23. The zero-order valence-electron chi connectivity index (χ0n) is 18.3. The number of hydrogen-bond donors (Lipinski definition) is 2. The molecule has 2 heterocycles. The second-order valence-electron chi connectivity index (χ2n) is 8.06. The van der Waals surface area contributed by atoms with Crippen molar-refractivity contribution in [2.45, 2.75) is 46.1 Å². The molecule has 0 spiro atoms. The van der Waals surface area contributed by atoms with Crippen LogP contribution in [0, 0.1) is 5.92 Å². The summed E-state index contributed by atoms with van der Waals surface area (Å²) in [5, 5.41) is 14.4. The van der Waals surface area contributed by atoms with Crippen LogP contribution in [0.5, 0.6) is 11.5 Å². The predicted octanol–water partition coefficient (Wildman–Crippen LogP) is 3.40. The summed E-state index contributed by atoms with van der Waals surface area (Å²) in [7, 11) is 0. The first kappa shape index (κ1) is 22.0. The lowest BCUT2D eigenvalue weighted by atomic mass is 9.89.